The number of para-hydroxylation sites is 1. The van der Waals surface area contributed by atoms with Gasteiger partial charge in [-0.25, -0.2) is 4.98 Å². The molecule has 0 saturated carbocycles. The number of hydrogen-bond acceptors (Lipinski definition) is 3. The van der Waals surface area contributed by atoms with E-state index in [0.29, 0.717) is 5.89 Å². The number of rotatable bonds is 1. The lowest BCUT2D eigenvalue weighted by Crippen LogP contribution is -1.81. The summed E-state index contributed by atoms with van der Waals surface area (Å²) >= 11 is 0. The van der Waals surface area contributed by atoms with Crippen molar-refractivity contribution in [1.82, 2.24) is 4.98 Å². The molecule has 0 radical (unpaired) electrons. The quantitative estimate of drug-likeness (QED) is 0.646. The van der Waals surface area contributed by atoms with Gasteiger partial charge in [0.05, 0.1) is 7.11 Å². The van der Waals surface area contributed by atoms with Crippen LogP contribution in [0.3, 0.4) is 0 Å². The van der Waals surface area contributed by atoms with E-state index in [1.807, 2.05) is 25.1 Å². The third-order valence-electron chi connectivity index (χ3n) is 1.71. The zero-order valence-corrected chi connectivity index (χ0v) is 7.00. The summed E-state index contributed by atoms with van der Waals surface area (Å²) in [6.45, 7) is 1.82. The second kappa shape index (κ2) is 2.52. The Bertz CT molecular complexity index is 406. The molecule has 0 fully saturated rings. The molecule has 0 unspecified atom stereocenters. The lowest BCUT2D eigenvalue weighted by atomic mass is 10.3. The number of aryl methyl sites for hydroxylation is 1. The van der Waals surface area contributed by atoms with E-state index in [0.717, 1.165) is 16.8 Å². The molecule has 62 valence electrons. The van der Waals surface area contributed by atoms with Gasteiger partial charge in [0.25, 0.3) is 0 Å². The molecule has 2 aromatic rings. The van der Waals surface area contributed by atoms with Gasteiger partial charge in [-0.2, -0.15) is 0 Å². The monoisotopic (exact) mass is 163 g/mol. The van der Waals surface area contributed by atoms with Gasteiger partial charge in [-0.05, 0) is 12.1 Å². The molecule has 3 nitrogen and oxygen atoms in total. The zero-order chi connectivity index (χ0) is 8.55. The Morgan fingerprint density at radius 3 is 3.00 bits per heavy atom. The van der Waals surface area contributed by atoms with E-state index >= 15 is 0 Å². The molecule has 1 aromatic carbocycles. The highest BCUT2D eigenvalue weighted by Gasteiger charge is 2.06. The molecule has 0 aliphatic rings. The fourth-order valence-electron chi connectivity index (χ4n) is 1.20. The van der Waals surface area contributed by atoms with Gasteiger partial charge in [0.15, 0.2) is 17.2 Å². The Morgan fingerprint density at radius 1 is 1.42 bits per heavy atom. The first-order valence-corrected chi connectivity index (χ1v) is 3.71. The number of aromatic nitrogens is 1. The number of oxazole rings is 1. The van der Waals surface area contributed by atoms with Gasteiger partial charge in [0, 0.05) is 6.92 Å². The van der Waals surface area contributed by atoms with Crippen LogP contribution < -0.4 is 4.74 Å². The van der Waals surface area contributed by atoms with Crippen molar-refractivity contribution >= 4 is 11.1 Å². The van der Waals surface area contributed by atoms with Crippen molar-refractivity contribution in [1.29, 1.82) is 0 Å². The van der Waals surface area contributed by atoms with Gasteiger partial charge >= 0.3 is 0 Å². The summed E-state index contributed by atoms with van der Waals surface area (Å²) in [7, 11) is 1.62. The molecule has 3 heteroatoms. The molecule has 2 rings (SSSR count). The highest BCUT2D eigenvalue weighted by atomic mass is 16.5. The summed E-state index contributed by atoms with van der Waals surface area (Å²) in [4.78, 5) is 4.18. The zero-order valence-electron chi connectivity index (χ0n) is 7.00. The van der Waals surface area contributed by atoms with Gasteiger partial charge < -0.3 is 9.15 Å². The molecule has 1 aromatic heterocycles. The molecule has 12 heavy (non-hydrogen) atoms. The summed E-state index contributed by atoms with van der Waals surface area (Å²) in [6.07, 6.45) is 0. The Balaban J connectivity index is 2.78. The third kappa shape index (κ3) is 0.942. The predicted molar refractivity (Wildman–Crippen MR) is 45.3 cm³/mol. The number of ether oxygens (including phenoxy) is 1. The SMILES string of the molecule is COc1cccc2nc(C)oc12. The summed E-state index contributed by atoms with van der Waals surface area (Å²) in [5, 5.41) is 0. The van der Waals surface area contributed by atoms with Crippen LogP contribution in [-0.4, -0.2) is 12.1 Å². The van der Waals surface area contributed by atoms with Gasteiger partial charge in [-0.15, -0.1) is 0 Å². The number of fused-ring (bicyclic) bond motifs is 1. The Kier molecular flexibility index (Phi) is 1.50. The first-order chi connectivity index (χ1) is 5.81. The van der Waals surface area contributed by atoms with Gasteiger partial charge in [-0.1, -0.05) is 6.07 Å². The molecular formula is C9H9NO2. The van der Waals surface area contributed by atoms with Crippen LogP contribution in [0.5, 0.6) is 5.75 Å². The smallest absolute Gasteiger partial charge is 0.196 e. The van der Waals surface area contributed by atoms with Crippen LogP contribution in [0.2, 0.25) is 0 Å². The number of hydrogen-bond donors (Lipinski definition) is 0. The van der Waals surface area contributed by atoms with E-state index in [1.165, 1.54) is 0 Å². The van der Waals surface area contributed by atoms with Gasteiger partial charge in [0.2, 0.25) is 0 Å². The average Bonchev–Trinajstić information content (AvgIpc) is 2.44. The van der Waals surface area contributed by atoms with Crippen LogP contribution >= 0.6 is 0 Å². The van der Waals surface area contributed by atoms with E-state index in [1.54, 1.807) is 7.11 Å². The van der Waals surface area contributed by atoms with Crippen LogP contribution in [-0.2, 0) is 0 Å². The molecule has 0 bridgehead atoms. The lowest BCUT2D eigenvalue weighted by molar-refractivity contribution is 0.408. The second-order valence-corrected chi connectivity index (χ2v) is 2.54. The lowest BCUT2D eigenvalue weighted by Gasteiger charge is -1.96. The highest BCUT2D eigenvalue weighted by Crippen LogP contribution is 2.25. The second-order valence-electron chi connectivity index (χ2n) is 2.54. The van der Waals surface area contributed by atoms with Crippen molar-refractivity contribution in [2.75, 3.05) is 7.11 Å². The molecule has 0 spiro atoms. The van der Waals surface area contributed by atoms with Crippen molar-refractivity contribution in [2.24, 2.45) is 0 Å². The molecule has 0 aliphatic carbocycles. The predicted octanol–water partition coefficient (Wildman–Crippen LogP) is 2.14. The molecule has 0 atom stereocenters. The largest absolute Gasteiger partial charge is 0.493 e. The summed E-state index contributed by atoms with van der Waals surface area (Å²) in [5.74, 6) is 1.39. The third-order valence-corrected chi connectivity index (χ3v) is 1.71. The molecule has 0 amide bonds. The summed E-state index contributed by atoms with van der Waals surface area (Å²) in [5.41, 5.74) is 1.56. The van der Waals surface area contributed by atoms with E-state index in [9.17, 15) is 0 Å². The Hall–Kier alpha value is -1.51. The summed E-state index contributed by atoms with van der Waals surface area (Å²) < 4.78 is 10.5. The maximum Gasteiger partial charge on any atom is 0.196 e. The first-order valence-electron chi connectivity index (χ1n) is 3.71. The maximum absolute atomic E-state index is 5.35. The first kappa shape index (κ1) is 7.16. The fourth-order valence-corrected chi connectivity index (χ4v) is 1.20. The van der Waals surface area contributed by atoms with Gasteiger partial charge in [0.1, 0.15) is 5.52 Å². The Morgan fingerprint density at radius 2 is 2.25 bits per heavy atom. The van der Waals surface area contributed by atoms with E-state index in [2.05, 4.69) is 4.98 Å². The van der Waals surface area contributed by atoms with E-state index < -0.39 is 0 Å². The topological polar surface area (TPSA) is 35.3 Å². The minimum Gasteiger partial charge on any atom is -0.493 e. The van der Waals surface area contributed by atoms with Crippen LogP contribution in [0, 0.1) is 6.92 Å². The van der Waals surface area contributed by atoms with Crippen molar-refractivity contribution in [2.45, 2.75) is 6.92 Å². The van der Waals surface area contributed by atoms with Crippen molar-refractivity contribution in [3.63, 3.8) is 0 Å². The minimum absolute atomic E-state index is 0.662. The highest BCUT2D eigenvalue weighted by molar-refractivity contribution is 5.79. The molecule has 1 heterocycles. The Labute approximate surface area is 70.0 Å². The van der Waals surface area contributed by atoms with E-state index in [-0.39, 0.29) is 0 Å². The molecule has 0 saturated heterocycles. The van der Waals surface area contributed by atoms with Crippen molar-refractivity contribution < 1.29 is 9.15 Å². The molecular weight excluding hydrogens is 154 g/mol. The molecule has 0 N–H and O–H groups in total. The number of methoxy groups -OCH3 is 1. The summed E-state index contributed by atoms with van der Waals surface area (Å²) in [6, 6.07) is 5.64. The molecule has 0 aliphatic heterocycles. The standard InChI is InChI=1S/C9H9NO2/c1-6-10-7-4-3-5-8(11-2)9(7)12-6/h3-5H,1-2H3. The van der Waals surface area contributed by atoms with E-state index in [4.69, 9.17) is 9.15 Å². The minimum atomic E-state index is 0.662. The van der Waals surface area contributed by atoms with Crippen LogP contribution in [0.25, 0.3) is 11.1 Å². The number of nitrogens with zero attached hydrogens (tertiary/aromatic N) is 1. The van der Waals surface area contributed by atoms with Crippen molar-refractivity contribution in [3.8, 4) is 5.75 Å². The van der Waals surface area contributed by atoms with Gasteiger partial charge in [-0.3, -0.25) is 0 Å². The van der Waals surface area contributed by atoms with Crippen molar-refractivity contribution in [3.05, 3.63) is 24.1 Å². The maximum atomic E-state index is 5.35. The van der Waals surface area contributed by atoms with Crippen LogP contribution in [0.15, 0.2) is 22.6 Å². The average molecular weight is 163 g/mol. The normalized spacial score (nSPS) is 10.5. The number of benzene rings is 1. The van der Waals surface area contributed by atoms with Crippen LogP contribution in [0.1, 0.15) is 5.89 Å². The van der Waals surface area contributed by atoms with Crippen LogP contribution in [0.4, 0.5) is 0 Å². The fraction of sp³-hybridized carbons (Fsp3) is 0.222.